The molecule has 0 radical (unpaired) electrons. The van der Waals surface area contributed by atoms with Gasteiger partial charge >= 0.3 is 11.8 Å². The lowest BCUT2D eigenvalue weighted by Crippen LogP contribution is -2.29. The minimum atomic E-state index is -0.743. The molecule has 4 nitrogen and oxygen atoms in total. The van der Waals surface area contributed by atoms with Crippen LogP contribution in [0.15, 0.2) is 40.9 Å². The standard InChI is InChI=1S/C16H14BrClN2O2/c1-9-8-11(17)6-7-13(9)19-15(21)16(22)20-14-5-3-4-12(18)10(14)2/h3-8H,1-2H3,(H,19,21)(H,20,22). The Morgan fingerprint density at radius 3 is 2.27 bits per heavy atom. The van der Waals surface area contributed by atoms with Gasteiger partial charge in [0, 0.05) is 20.9 Å². The van der Waals surface area contributed by atoms with Crippen molar-refractivity contribution in [2.24, 2.45) is 0 Å². The summed E-state index contributed by atoms with van der Waals surface area (Å²) in [4.78, 5) is 24.0. The summed E-state index contributed by atoms with van der Waals surface area (Å²) in [6.45, 7) is 3.62. The fourth-order valence-electron chi connectivity index (χ4n) is 1.87. The molecule has 114 valence electrons. The quantitative estimate of drug-likeness (QED) is 0.762. The Kier molecular flexibility index (Phi) is 5.21. The van der Waals surface area contributed by atoms with Gasteiger partial charge in [0.15, 0.2) is 0 Å². The van der Waals surface area contributed by atoms with Gasteiger partial charge in [-0.05, 0) is 55.3 Å². The van der Waals surface area contributed by atoms with Crippen molar-refractivity contribution in [3.8, 4) is 0 Å². The smallest absolute Gasteiger partial charge is 0.314 e. The molecule has 0 saturated heterocycles. The molecule has 0 fully saturated rings. The molecular weight excluding hydrogens is 368 g/mol. The van der Waals surface area contributed by atoms with Crippen molar-refractivity contribution < 1.29 is 9.59 Å². The summed E-state index contributed by atoms with van der Waals surface area (Å²) in [6, 6.07) is 10.5. The second-order valence-electron chi connectivity index (χ2n) is 4.78. The molecule has 2 aromatic rings. The molecule has 0 atom stereocenters. The van der Waals surface area contributed by atoms with Gasteiger partial charge in [-0.2, -0.15) is 0 Å². The van der Waals surface area contributed by atoms with Gasteiger partial charge in [-0.25, -0.2) is 0 Å². The first-order valence-electron chi connectivity index (χ1n) is 6.52. The Morgan fingerprint density at radius 1 is 1.00 bits per heavy atom. The van der Waals surface area contributed by atoms with Gasteiger partial charge in [-0.1, -0.05) is 33.6 Å². The number of hydrogen-bond acceptors (Lipinski definition) is 2. The molecular formula is C16H14BrClN2O2. The Hall–Kier alpha value is -1.85. The summed E-state index contributed by atoms with van der Waals surface area (Å²) >= 11 is 9.33. The average Bonchev–Trinajstić information content (AvgIpc) is 2.46. The minimum Gasteiger partial charge on any atom is -0.318 e. The molecule has 2 aromatic carbocycles. The number of hydrogen-bond donors (Lipinski definition) is 2. The van der Waals surface area contributed by atoms with Crippen LogP contribution in [0.4, 0.5) is 11.4 Å². The van der Waals surface area contributed by atoms with Crippen molar-refractivity contribution in [1.82, 2.24) is 0 Å². The van der Waals surface area contributed by atoms with Crippen LogP contribution in [-0.2, 0) is 9.59 Å². The summed E-state index contributed by atoms with van der Waals surface area (Å²) in [7, 11) is 0. The summed E-state index contributed by atoms with van der Waals surface area (Å²) in [6.07, 6.45) is 0. The zero-order chi connectivity index (χ0) is 16.3. The van der Waals surface area contributed by atoms with Crippen LogP contribution >= 0.6 is 27.5 Å². The lowest BCUT2D eigenvalue weighted by atomic mass is 10.2. The van der Waals surface area contributed by atoms with Crippen LogP contribution in [0.1, 0.15) is 11.1 Å². The fourth-order valence-corrected chi connectivity index (χ4v) is 2.52. The van der Waals surface area contributed by atoms with E-state index in [9.17, 15) is 9.59 Å². The minimum absolute atomic E-state index is 0.514. The van der Waals surface area contributed by atoms with Gasteiger partial charge < -0.3 is 10.6 Å². The Morgan fingerprint density at radius 2 is 1.64 bits per heavy atom. The molecule has 0 unspecified atom stereocenters. The SMILES string of the molecule is Cc1cc(Br)ccc1NC(=O)C(=O)Nc1cccc(Cl)c1C. The molecule has 2 N–H and O–H groups in total. The molecule has 2 rings (SSSR count). The van der Waals surface area contributed by atoms with Crippen LogP contribution in [0, 0.1) is 13.8 Å². The third-order valence-corrected chi connectivity index (χ3v) is 4.06. The van der Waals surface area contributed by atoms with Crippen LogP contribution in [0.5, 0.6) is 0 Å². The van der Waals surface area contributed by atoms with Crippen molar-refractivity contribution in [3.05, 3.63) is 57.0 Å². The number of halogens is 2. The highest BCUT2D eigenvalue weighted by atomic mass is 79.9. The molecule has 2 amide bonds. The molecule has 22 heavy (non-hydrogen) atoms. The molecule has 0 bridgehead atoms. The normalized spacial score (nSPS) is 10.2. The van der Waals surface area contributed by atoms with Crippen LogP contribution in [0.25, 0.3) is 0 Å². The second-order valence-corrected chi connectivity index (χ2v) is 6.10. The lowest BCUT2D eigenvalue weighted by Gasteiger charge is -2.11. The lowest BCUT2D eigenvalue weighted by molar-refractivity contribution is -0.133. The van der Waals surface area contributed by atoms with E-state index in [1.165, 1.54) is 0 Å². The molecule has 0 aliphatic carbocycles. The summed E-state index contributed by atoms with van der Waals surface area (Å²) in [5.74, 6) is -1.47. The Balaban J connectivity index is 2.09. The predicted molar refractivity (Wildman–Crippen MR) is 92.3 cm³/mol. The molecule has 0 aromatic heterocycles. The maximum Gasteiger partial charge on any atom is 0.314 e. The highest BCUT2D eigenvalue weighted by Crippen LogP contribution is 2.23. The predicted octanol–water partition coefficient (Wildman–Crippen LogP) is 4.30. The first kappa shape index (κ1) is 16.5. The van der Waals surface area contributed by atoms with E-state index in [1.54, 1.807) is 37.3 Å². The summed E-state index contributed by atoms with van der Waals surface area (Å²) in [5.41, 5.74) is 2.67. The Labute approximate surface area is 142 Å². The number of rotatable bonds is 2. The summed E-state index contributed by atoms with van der Waals surface area (Å²) < 4.78 is 0.905. The van der Waals surface area contributed by atoms with Gasteiger partial charge in [-0.3, -0.25) is 9.59 Å². The van der Waals surface area contributed by atoms with Gasteiger partial charge in [0.2, 0.25) is 0 Å². The van der Waals surface area contributed by atoms with Crippen LogP contribution in [0.2, 0.25) is 5.02 Å². The zero-order valence-corrected chi connectivity index (χ0v) is 14.4. The van der Waals surface area contributed by atoms with E-state index in [0.717, 1.165) is 10.0 Å². The van der Waals surface area contributed by atoms with E-state index in [0.29, 0.717) is 22.0 Å². The van der Waals surface area contributed by atoms with Crippen molar-refractivity contribution >= 4 is 50.7 Å². The van der Waals surface area contributed by atoms with E-state index in [4.69, 9.17) is 11.6 Å². The van der Waals surface area contributed by atoms with E-state index >= 15 is 0 Å². The first-order chi connectivity index (χ1) is 10.4. The summed E-state index contributed by atoms with van der Waals surface area (Å²) in [5, 5.41) is 5.67. The third kappa shape index (κ3) is 3.87. The van der Waals surface area contributed by atoms with Crippen LogP contribution < -0.4 is 10.6 Å². The number of nitrogens with one attached hydrogen (secondary N) is 2. The average molecular weight is 382 g/mol. The number of aryl methyl sites for hydroxylation is 1. The van der Waals surface area contributed by atoms with Gasteiger partial charge in [0.1, 0.15) is 0 Å². The topological polar surface area (TPSA) is 58.2 Å². The number of carbonyl (C=O) groups is 2. The maximum absolute atomic E-state index is 12.0. The van der Waals surface area contributed by atoms with Gasteiger partial charge in [0.25, 0.3) is 0 Å². The molecule has 0 heterocycles. The number of anilines is 2. The number of carbonyl (C=O) groups excluding carboxylic acids is 2. The van der Waals surface area contributed by atoms with E-state index in [-0.39, 0.29) is 0 Å². The molecule has 0 saturated carbocycles. The third-order valence-electron chi connectivity index (χ3n) is 3.16. The monoisotopic (exact) mass is 380 g/mol. The molecule has 0 aliphatic heterocycles. The van der Waals surface area contributed by atoms with Crippen molar-refractivity contribution in [3.63, 3.8) is 0 Å². The largest absolute Gasteiger partial charge is 0.318 e. The maximum atomic E-state index is 12.0. The molecule has 6 heteroatoms. The fraction of sp³-hybridized carbons (Fsp3) is 0.125. The highest BCUT2D eigenvalue weighted by molar-refractivity contribution is 9.10. The van der Waals surface area contributed by atoms with Gasteiger partial charge in [-0.15, -0.1) is 0 Å². The van der Waals surface area contributed by atoms with Crippen molar-refractivity contribution in [2.75, 3.05) is 10.6 Å². The van der Waals surface area contributed by atoms with E-state index < -0.39 is 11.8 Å². The molecule has 0 spiro atoms. The number of amides is 2. The van der Waals surface area contributed by atoms with E-state index in [2.05, 4.69) is 26.6 Å². The molecule has 0 aliphatic rings. The number of benzene rings is 2. The zero-order valence-electron chi connectivity index (χ0n) is 12.0. The first-order valence-corrected chi connectivity index (χ1v) is 7.69. The van der Waals surface area contributed by atoms with Crippen molar-refractivity contribution in [2.45, 2.75) is 13.8 Å². The second kappa shape index (κ2) is 6.94. The Bertz CT molecular complexity index is 747. The van der Waals surface area contributed by atoms with E-state index in [1.807, 2.05) is 13.0 Å². The highest BCUT2D eigenvalue weighted by Gasteiger charge is 2.16. The van der Waals surface area contributed by atoms with Gasteiger partial charge in [0.05, 0.1) is 0 Å². The van der Waals surface area contributed by atoms with Crippen LogP contribution in [0.3, 0.4) is 0 Å². The van der Waals surface area contributed by atoms with Crippen molar-refractivity contribution in [1.29, 1.82) is 0 Å². The van der Waals surface area contributed by atoms with Crippen LogP contribution in [-0.4, -0.2) is 11.8 Å².